The minimum Gasteiger partial charge on any atom is -0.455 e. The molecule has 0 heterocycles. The van der Waals surface area contributed by atoms with Crippen LogP contribution in [0.3, 0.4) is 0 Å². The first-order chi connectivity index (χ1) is 10.0. The van der Waals surface area contributed by atoms with E-state index in [0.717, 1.165) is 0 Å². The Morgan fingerprint density at radius 1 is 1.00 bits per heavy atom. The first-order valence-electron chi connectivity index (χ1n) is 5.88. The highest BCUT2D eigenvalue weighted by Gasteiger charge is 2.36. The zero-order chi connectivity index (χ0) is 17.5. The molecule has 8 N–H and O–H groups in total. The molecule has 0 saturated heterocycles. The van der Waals surface area contributed by atoms with Crippen LogP contribution in [0.1, 0.15) is 0 Å². The van der Waals surface area contributed by atoms with Crippen LogP contribution in [-0.2, 0) is 18.6 Å². The van der Waals surface area contributed by atoms with Crippen LogP contribution in [0.2, 0.25) is 0 Å². The van der Waals surface area contributed by atoms with Crippen molar-refractivity contribution in [2.75, 3.05) is 19.8 Å². The maximum Gasteiger partial charge on any atom is 0.469 e. The molecule has 0 radical (unpaired) electrons. The molecule has 0 aromatic carbocycles. The van der Waals surface area contributed by atoms with Gasteiger partial charge < -0.3 is 45.2 Å². The van der Waals surface area contributed by atoms with Crippen molar-refractivity contribution in [3.63, 3.8) is 0 Å². The Morgan fingerprint density at radius 2 is 1.55 bits per heavy atom. The van der Waals surface area contributed by atoms with E-state index in [9.17, 15) is 24.7 Å². The maximum atomic E-state index is 11.4. The SMILES string of the molecule is O=C(OC(CO)COP(=O)(O)O)[C@H](O)[C@@H](O)[C@H](O)[C@H](O)CO. The molecule has 0 aliphatic rings. The van der Waals surface area contributed by atoms with Crippen molar-refractivity contribution in [1.82, 2.24) is 0 Å². The van der Waals surface area contributed by atoms with Gasteiger partial charge in [-0.05, 0) is 0 Å². The molecular formula is C9H19O12P. The maximum absolute atomic E-state index is 11.4. The number of hydrogen-bond donors (Lipinski definition) is 8. The van der Waals surface area contributed by atoms with E-state index in [1.165, 1.54) is 0 Å². The van der Waals surface area contributed by atoms with Gasteiger partial charge in [0.15, 0.2) is 6.10 Å². The molecule has 5 atom stereocenters. The fourth-order valence-electron chi connectivity index (χ4n) is 1.20. The number of carbonyl (C=O) groups excluding carboxylic acids is 1. The topological polar surface area (TPSA) is 214 Å². The van der Waals surface area contributed by atoms with Crippen molar-refractivity contribution in [2.45, 2.75) is 30.5 Å². The van der Waals surface area contributed by atoms with E-state index in [1.807, 2.05) is 0 Å². The highest BCUT2D eigenvalue weighted by molar-refractivity contribution is 7.46. The van der Waals surface area contributed by atoms with Crippen LogP contribution in [0.25, 0.3) is 0 Å². The molecule has 13 heteroatoms. The lowest BCUT2D eigenvalue weighted by molar-refractivity contribution is -0.178. The highest BCUT2D eigenvalue weighted by Crippen LogP contribution is 2.35. The molecule has 1 unspecified atom stereocenters. The third-order valence-corrected chi connectivity index (χ3v) is 2.90. The minimum atomic E-state index is -4.87. The molecule has 22 heavy (non-hydrogen) atoms. The Labute approximate surface area is 124 Å². The van der Waals surface area contributed by atoms with Gasteiger partial charge in [-0.25, -0.2) is 9.36 Å². The van der Waals surface area contributed by atoms with Crippen molar-refractivity contribution in [1.29, 1.82) is 0 Å². The van der Waals surface area contributed by atoms with E-state index >= 15 is 0 Å². The van der Waals surface area contributed by atoms with Gasteiger partial charge in [-0.15, -0.1) is 0 Å². The van der Waals surface area contributed by atoms with Crippen molar-refractivity contribution >= 4 is 13.8 Å². The largest absolute Gasteiger partial charge is 0.469 e. The number of phosphoric ester groups is 1. The molecule has 0 fully saturated rings. The Kier molecular flexibility index (Phi) is 9.19. The first-order valence-corrected chi connectivity index (χ1v) is 7.41. The summed E-state index contributed by atoms with van der Waals surface area (Å²) in [6, 6.07) is 0. The number of aliphatic hydroxyl groups is 6. The van der Waals surface area contributed by atoms with Crippen LogP contribution < -0.4 is 0 Å². The molecule has 0 spiro atoms. The van der Waals surface area contributed by atoms with Crippen molar-refractivity contribution in [3.05, 3.63) is 0 Å². The summed E-state index contributed by atoms with van der Waals surface area (Å²) in [5, 5.41) is 54.6. The normalized spacial score (nSPS) is 19.1. The average Bonchev–Trinajstić information content (AvgIpc) is 2.46. The fourth-order valence-corrected chi connectivity index (χ4v) is 1.56. The lowest BCUT2D eigenvalue weighted by Gasteiger charge is -2.25. The van der Waals surface area contributed by atoms with E-state index in [0.29, 0.717) is 0 Å². The molecule has 0 aromatic rings. The fraction of sp³-hybridized carbons (Fsp3) is 0.889. The second-order valence-electron chi connectivity index (χ2n) is 4.20. The second kappa shape index (κ2) is 9.47. The Balaban J connectivity index is 4.57. The molecule has 0 aliphatic carbocycles. The van der Waals surface area contributed by atoms with Gasteiger partial charge in [-0.2, -0.15) is 0 Å². The van der Waals surface area contributed by atoms with Crippen LogP contribution in [-0.4, -0.2) is 96.7 Å². The summed E-state index contributed by atoms with van der Waals surface area (Å²) in [5.41, 5.74) is 0. The first kappa shape index (κ1) is 21.3. The van der Waals surface area contributed by atoms with Gasteiger partial charge in [0.05, 0.1) is 19.8 Å². The number of aliphatic hydroxyl groups excluding tert-OH is 6. The number of hydrogen-bond acceptors (Lipinski definition) is 10. The molecule has 132 valence electrons. The lowest BCUT2D eigenvalue weighted by atomic mass is 10.0. The molecule has 0 amide bonds. The molecule has 12 nitrogen and oxygen atoms in total. The van der Waals surface area contributed by atoms with Crippen LogP contribution in [0.15, 0.2) is 0 Å². The number of carbonyl (C=O) groups is 1. The van der Waals surface area contributed by atoms with Gasteiger partial charge in [0.25, 0.3) is 0 Å². The third-order valence-electron chi connectivity index (χ3n) is 2.41. The summed E-state index contributed by atoms with van der Waals surface area (Å²) >= 11 is 0. The van der Waals surface area contributed by atoms with Crippen molar-refractivity contribution < 1.29 is 59.0 Å². The summed E-state index contributed by atoms with van der Waals surface area (Å²) in [4.78, 5) is 28.3. The zero-order valence-electron chi connectivity index (χ0n) is 11.2. The van der Waals surface area contributed by atoms with E-state index < -0.39 is 64.1 Å². The van der Waals surface area contributed by atoms with E-state index in [-0.39, 0.29) is 0 Å². The van der Waals surface area contributed by atoms with E-state index in [1.54, 1.807) is 0 Å². The molecule has 0 bridgehead atoms. The number of esters is 1. The number of phosphoric acid groups is 1. The number of ether oxygens (including phenoxy) is 1. The Hall–Kier alpha value is -0.660. The van der Waals surface area contributed by atoms with Crippen molar-refractivity contribution in [2.24, 2.45) is 0 Å². The summed E-state index contributed by atoms with van der Waals surface area (Å²) in [5.74, 6) is -1.55. The summed E-state index contributed by atoms with van der Waals surface area (Å²) in [6.45, 7) is -2.75. The minimum absolute atomic E-state index is 0.892. The Morgan fingerprint density at radius 3 is 1.95 bits per heavy atom. The summed E-state index contributed by atoms with van der Waals surface area (Å²) < 4.78 is 18.9. The van der Waals surface area contributed by atoms with E-state index in [2.05, 4.69) is 9.26 Å². The quantitative estimate of drug-likeness (QED) is 0.138. The summed E-state index contributed by atoms with van der Waals surface area (Å²) in [6.07, 6.45) is -10.0. The van der Waals surface area contributed by atoms with Gasteiger partial charge in [0, 0.05) is 0 Å². The van der Waals surface area contributed by atoms with Gasteiger partial charge in [0.2, 0.25) is 0 Å². The highest BCUT2D eigenvalue weighted by atomic mass is 31.2. The monoisotopic (exact) mass is 350 g/mol. The van der Waals surface area contributed by atoms with Gasteiger partial charge in [-0.3, -0.25) is 4.52 Å². The lowest BCUT2D eigenvalue weighted by Crippen LogP contribution is -2.50. The molecule has 0 aromatic heterocycles. The van der Waals surface area contributed by atoms with Gasteiger partial charge in [-0.1, -0.05) is 0 Å². The average molecular weight is 350 g/mol. The smallest absolute Gasteiger partial charge is 0.455 e. The second-order valence-corrected chi connectivity index (χ2v) is 5.44. The van der Waals surface area contributed by atoms with Crippen LogP contribution in [0.4, 0.5) is 0 Å². The van der Waals surface area contributed by atoms with Crippen LogP contribution in [0, 0.1) is 0 Å². The Bertz CT molecular complexity index is 383. The van der Waals surface area contributed by atoms with Crippen LogP contribution in [0.5, 0.6) is 0 Å². The van der Waals surface area contributed by atoms with E-state index in [4.69, 9.17) is 25.1 Å². The van der Waals surface area contributed by atoms with Gasteiger partial charge in [0.1, 0.15) is 24.4 Å². The zero-order valence-corrected chi connectivity index (χ0v) is 12.1. The third kappa shape index (κ3) is 7.56. The predicted octanol–water partition coefficient (Wildman–Crippen LogP) is -4.56. The predicted molar refractivity (Wildman–Crippen MR) is 66.1 cm³/mol. The molecule has 0 rings (SSSR count). The molecular weight excluding hydrogens is 331 g/mol. The molecule has 0 aliphatic heterocycles. The summed E-state index contributed by atoms with van der Waals surface area (Å²) in [7, 11) is -4.87. The van der Waals surface area contributed by atoms with Crippen molar-refractivity contribution in [3.8, 4) is 0 Å². The van der Waals surface area contributed by atoms with Gasteiger partial charge >= 0.3 is 13.8 Å². The number of rotatable bonds is 10. The van der Waals surface area contributed by atoms with Crippen LogP contribution >= 0.6 is 7.82 Å². The standard InChI is InChI=1S/C9H19O12P/c10-1-4(3-20-22(17,18)19)21-9(16)8(15)7(14)6(13)5(12)2-11/h4-8,10-15H,1-3H2,(H2,17,18,19)/t4?,5-,6-,7+,8-/m1/s1. The molecule has 0 saturated carbocycles.